The van der Waals surface area contributed by atoms with Crippen LogP contribution in [0, 0.1) is 0 Å². The number of aromatic nitrogens is 2. The first kappa shape index (κ1) is 13.5. The summed E-state index contributed by atoms with van der Waals surface area (Å²) in [4.78, 5) is 23.4. The highest BCUT2D eigenvalue weighted by Crippen LogP contribution is 2.14. The molecule has 0 aliphatic rings. The van der Waals surface area contributed by atoms with Gasteiger partial charge in [0.05, 0.1) is 0 Å². The molecule has 0 bridgehead atoms. The number of benzene rings is 1. The maximum absolute atomic E-state index is 12.0. The molecule has 19 heavy (non-hydrogen) atoms. The lowest BCUT2D eigenvalue weighted by atomic mass is 10.3. The molecule has 0 atom stereocenters. The van der Waals surface area contributed by atoms with Crippen LogP contribution in [0.4, 0.5) is 5.69 Å². The second kappa shape index (κ2) is 5.79. The van der Waals surface area contributed by atoms with Gasteiger partial charge in [-0.15, -0.1) is 0 Å². The maximum atomic E-state index is 12.0. The van der Waals surface area contributed by atoms with Crippen LogP contribution in [-0.4, -0.2) is 15.7 Å². The Balaban J connectivity index is 2.20. The van der Waals surface area contributed by atoms with Crippen molar-refractivity contribution < 1.29 is 4.79 Å². The number of hydrogen-bond donors (Lipinski definition) is 1. The number of halogens is 1. The molecule has 0 saturated carbocycles. The molecule has 1 heterocycles. The Kier molecular flexibility index (Phi) is 4.11. The summed E-state index contributed by atoms with van der Waals surface area (Å²) >= 11 is 3.32. The molecule has 0 unspecified atom stereocenters. The van der Waals surface area contributed by atoms with Crippen molar-refractivity contribution in [1.29, 1.82) is 0 Å². The van der Waals surface area contributed by atoms with Crippen LogP contribution in [0.5, 0.6) is 0 Å². The molecule has 1 N–H and O–H groups in total. The molecule has 2 aromatic rings. The Morgan fingerprint density at radius 2 is 1.95 bits per heavy atom. The summed E-state index contributed by atoms with van der Waals surface area (Å²) in [5, 5.41) is 6.71. The number of amides is 1. The standard InChI is InChI=1S/C13H12BrN3O2/c1-2-17-12(18)8-7-11(16-17)13(19)15-10-5-3-9(14)4-6-10/h3-8H,2H2,1H3,(H,15,19). The highest BCUT2D eigenvalue weighted by atomic mass is 79.9. The Morgan fingerprint density at radius 1 is 1.26 bits per heavy atom. The number of nitrogens with one attached hydrogen (secondary N) is 1. The van der Waals surface area contributed by atoms with Crippen molar-refractivity contribution >= 4 is 27.5 Å². The summed E-state index contributed by atoms with van der Waals surface area (Å²) in [5.74, 6) is -0.343. The third-order valence-corrected chi connectivity index (χ3v) is 3.03. The quantitative estimate of drug-likeness (QED) is 0.943. The van der Waals surface area contributed by atoms with Gasteiger partial charge in [0.15, 0.2) is 0 Å². The average Bonchev–Trinajstić information content (AvgIpc) is 2.42. The van der Waals surface area contributed by atoms with Crippen LogP contribution in [0.15, 0.2) is 45.7 Å². The Morgan fingerprint density at radius 3 is 2.58 bits per heavy atom. The fraction of sp³-hybridized carbons (Fsp3) is 0.154. The highest BCUT2D eigenvalue weighted by molar-refractivity contribution is 9.10. The number of carbonyl (C=O) groups excluding carboxylic acids is 1. The number of rotatable bonds is 3. The van der Waals surface area contributed by atoms with Gasteiger partial charge in [-0.1, -0.05) is 15.9 Å². The van der Waals surface area contributed by atoms with Gasteiger partial charge in [0.25, 0.3) is 11.5 Å². The molecule has 1 aromatic carbocycles. The normalized spacial score (nSPS) is 10.2. The lowest BCUT2D eigenvalue weighted by Crippen LogP contribution is -2.25. The topological polar surface area (TPSA) is 64.0 Å². The van der Waals surface area contributed by atoms with Gasteiger partial charge in [-0.2, -0.15) is 5.10 Å². The molecule has 2 rings (SSSR count). The molecular formula is C13H12BrN3O2. The zero-order valence-electron chi connectivity index (χ0n) is 10.3. The van der Waals surface area contributed by atoms with Crippen LogP contribution in [0.2, 0.25) is 0 Å². The summed E-state index contributed by atoms with van der Waals surface area (Å²) in [6.45, 7) is 2.23. The zero-order chi connectivity index (χ0) is 13.8. The number of carbonyl (C=O) groups is 1. The van der Waals surface area contributed by atoms with E-state index in [1.165, 1.54) is 16.8 Å². The summed E-state index contributed by atoms with van der Waals surface area (Å²) in [6.07, 6.45) is 0. The number of hydrogen-bond acceptors (Lipinski definition) is 3. The molecule has 5 nitrogen and oxygen atoms in total. The van der Waals surface area contributed by atoms with Gasteiger partial charge >= 0.3 is 0 Å². The number of nitrogens with zero attached hydrogens (tertiary/aromatic N) is 2. The van der Waals surface area contributed by atoms with E-state index < -0.39 is 0 Å². The first-order valence-electron chi connectivity index (χ1n) is 5.75. The SMILES string of the molecule is CCn1nc(C(=O)Nc2ccc(Br)cc2)ccc1=O. The van der Waals surface area contributed by atoms with Gasteiger partial charge in [-0.3, -0.25) is 9.59 Å². The molecule has 98 valence electrons. The molecule has 0 radical (unpaired) electrons. The van der Waals surface area contributed by atoms with E-state index in [1.54, 1.807) is 19.1 Å². The van der Waals surface area contributed by atoms with E-state index in [1.807, 2.05) is 12.1 Å². The van der Waals surface area contributed by atoms with Gasteiger partial charge < -0.3 is 5.32 Å². The summed E-state index contributed by atoms with van der Waals surface area (Å²) in [7, 11) is 0. The second-order valence-corrected chi connectivity index (χ2v) is 4.75. The van der Waals surface area contributed by atoms with Crippen molar-refractivity contribution in [2.24, 2.45) is 0 Å². The number of anilines is 1. The average molecular weight is 322 g/mol. The van der Waals surface area contributed by atoms with Crippen LogP contribution >= 0.6 is 15.9 Å². The molecule has 0 fully saturated rings. The molecule has 1 aromatic heterocycles. The monoisotopic (exact) mass is 321 g/mol. The van der Waals surface area contributed by atoms with Gasteiger partial charge in [-0.25, -0.2) is 4.68 Å². The van der Waals surface area contributed by atoms with Crippen molar-refractivity contribution in [3.05, 3.63) is 56.9 Å². The highest BCUT2D eigenvalue weighted by Gasteiger charge is 2.09. The van der Waals surface area contributed by atoms with Gasteiger partial charge in [-0.05, 0) is 37.3 Å². The van der Waals surface area contributed by atoms with E-state index in [0.29, 0.717) is 12.2 Å². The van der Waals surface area contributed by atoms with Crippen LogP contribution in [-0.2, 0) is 6.54 Å². The predicted molar refractivity (Wildman–Crippen MR) is 76.3 cm³/mol. The summed E-state index contributed by atoms with van der Waals surface area (Å²) < 4.78 is 2.18. The van der Waals surface area contributed by atoms with E-state index in [4.69, 9.17) is 0 Å². The Labute approximate surface area is 118 Å². The predicted octanol–water partition coefficient (Wildman–Crippen LogP) is 2.28. The minimum Gasteiger partial charge on any atom is -0.321 e. The lowest BCUT2D eigenvalue weighted by molar-refractivity contribution is 0.102. The summed E-state index contributed by atoms with van der Waals surface area (Å²) in [6, 6.07) is 9.97. The smallest absolute Gasteiger partial charge is 0.276 e. The van der Waals surface area contributed by atoms with Crippen LogP contribution in [0.25, 0.3) is 0 Å². The van der Waals surface area contributed by atoms with Crippen LogP contribution < -0.4 is 10.9 Å². The molecule has 6 heteroatoms. The summed E-state index contributed by atoms with van der Waals surface area (Å²) in [5.41, 5.74) is 0.663. The first-order valence-corrected chi connectivity index (χ1v) is 6.54. The lowest BCUT2D eigenvalue weighted by Gasteiger charge is -2.06. The van der Waals surface area contributed by atoms with E-state index in [0.717, 1.165) is 4.47 Å². The van der Waals surface area contributed by atoms with Crippen molar-refractivity contribution in [1.82, 2.24) is 9.78 Å². The maximum Gasteiger partial charge on any atom is 0.276 e. The van der Waals surface area contributed by atoms with Crippen LogP contribution in [0.1, 0.15) is 17.4 Å². The molecule has 0 aliphatic heterocycles. The molecule has 0 spiro atoms. The van der Waals surface area contributed by atoms with Gasteiger partial charge in [0, 0.05) is 22.8 Å². The van der Waals surface area contributed by atoms with Gasteiger partial charge in [0.2, 0.25) is 0 Å². The van der Waals surface area contributed by atoms with E-state index in [2.05, 4.69) is 26.3 Å². The number of aryl methyl sites for hydroxylation is 1. The minimum absolute atomic E-state index is 0.212. The van der Waals surface area contributed by atoms with Crippen LogP contribution in [0.3, 0.4) is 0 Å². The fourth-order valence-electron chi connectivity index (χ4n) is 1.52. The molecular weight excluding hydrogens is 310 g/mol. The van der Waals surface area contributed by atoms with E-state index in [9.17, 15) is 9.59 Å². The Hall–Kier alpha value is -1.95. The fourth-order valence-corrected chi connectivity index (χ4v) is 1.79. The van der Waals surface area contributed by atoms with E-state index >= 15 is 0 Å². The molecule has 0 aliphatic carbocycles. The largest absolute Gasteiger partial charge is 0.321 e. The van der Waals surface area contributed by atoms with Crippen molar-refractivity contribution in [2.75, 3.05) is 5.32 Å². The molecule has 0 saturated heterocycles. The van der Waals surface area contributed by atoms with Crippen molar-refractivity contribution in [2.45, 2.75) is 13.5 Å². The van der Waals surface area contributed by atoms with Crippen molar-refractivity contribution in [3.8, 4) is 0 Å². The van der Waals surface area contributed by atoms with Gasteiger partial charge in [0.1, 0.15) is 5.69 Å². The Bertz CT molecular complexity index is 650. The third kappa shape index (κ3) is 3.29. The van der Waals surface area contributed by atoms with Crippen molar-refractivity contribution in [3.63, 3.8) is 0 Å². The first-order chi connectivity index (χ1) is 9.10. The minimum atomic E-state index is -0.343. The zero-order valence-corrected chi connectivity index (χ0v) is 11.8. The third-order valence-electron chi connectivity index (χ3n) is 2.50. The van der Waals surface area contributed by atoms with E-state index in [-0.39, 0.29) is 17.2 Å². The molecule has 1 amide bonds. The second-order valence-electron chi connectivity index (χ2n) is 3.83.